The molecule has 0 fully saturated rings. The van der Waals surface area contributed by atoms with Gasteiger partial charge < -0.3 is 5.73 Å². The molecular formula is C12H11FN4S. The summed E-state index contributed by atoms with van der Waals surface area (Å²) < 4.78 is 13.4. The molecule has 3 N–H and O–H groups in total. The number of H-pyrrole nitrogens is 1. The van der Waals surface area contributed by atoms with Crippen molar-refractivity contribution in [3.8, 4) is 11.8 Å². The van der Waals surface area contributed by atoms with E-state index in [9.17, 15) is 4.39 Å². The van der Waals surface area contributed by atoms with Gasteiger partial charge in [-0.15, -0.1) is 0 Å². The Morgan fingerprint density at radius 2 is 2.28 bits per heavy atom. The zero-order valence-electron chi connectivity index (χ0n) is 9.48. The molecule has 1 aromatic heterocycles. The van der Waals surface area contributed by atoms with Gasteiger partial charge in [0.2, 0.25) is 0 Å². The summed E-state index contributed by atoms with van der Waals surface area (Å²) in [5, 5.41) is 7.18. The van der Waals surface area contributed by atoms with Gasteiger partial charge in [0.25, 0.3) is 0 Å². The summed E-state index contributed by atoms with van der Waals surface area (Å²) in [4.78, 5) is 3.98. The topological polar surface area (TPSA) is 67.6 Å². The van der Waals surface area contributed by atoms with E-state index in [1.165, 1.54) is 30.2 Å². The van der Waals surface area contributed by atoms with Crippen molar-refractivity contribution in [2.45, 2.75) is 10.9 Å². The fourth-order valence-corrected chi connectivity index (χ4v) is 2.08. The highest BCUT2D eigenvalue weighted by molar-refractivity contribution is 7.98. The van der Waals surface area contributed by atoms with Crippen molar-refractivity contribution >= 4 is 11.8 Å². The van der Waals surface area contributed by atoms with Crippen molar-refractivity contribution in [1.82, 2.24) is 15.2 Å². The highest BCUT2D eigenvalue weighted by Gasteiger charge is 2.02. The molecule has 2 aromatic rings. The average Bonchev–Trinajstić information content (AvgIpc) is 2.86. The summed E-state index contributed by atoms with van der Waals surface area (Å²) in [5.41, 5.74) is 6.76. The van der Waals surface area contributed by atoms with Gasteiger partial charge in [0.1, 0.15) is 12.1 Å². The van der Waals surface area contributed by atoms with Gasteiger partial charge >= 0.3 is 0 Å². The minimum Gasteiger partial charge on any atom is -0.320 e. The molecule has 0 radical (unpaired) electrons. The zero-order chi connectivity index (χ0) is 12.8. The van der Waals surface area contributed by atoms with Crippen LogP contribution in [0, 0.1) is 17.7 Å². The number of thioether (sulfide) groups is 1. The number of aromatic amines is 1. The molecule has 0 bridgehead atoms. The van der Waals surface area contributed by atoms with E-state index in [1.54, 1.807) is 0 Å². The van der Waals surface area contributed by atoms with Crippen molar-refractivity contribution in [3.63, 3.8) is 0 Å². The molecule has 1 heterocycles. The molecule has 0 aliphatic heterocycles. The first-order chi connectivity index (χ1) is 8.78. The van der Waals surface area contributed by atoms with Crippen LogP contribution in [0.15, 0.2) is 29.7 Å². The lowest BCUT2D eigenvalue weighted by molar-refractivity contribution is 0.626. The third-order valence-corrected chi connectivity index (χ3v) is 3.01. The van der Waals surface area contributed by atoms with Gasteiger partial charge in [-0.3, -0.25) is 5.10 Å². The highest BCUT2D eigenvalue weighted by atomic mass is 32.2. The first-order valence-electron chi connectivity index (χ1n) is 5.24. The molecule has 0 amide bonds. The molecular weight excluding hydrogens is 251 g/mol. The van der Waals surface area contributed by atoms with Crippen molar-refractivity contribution in [2.75, 3.05) is 6.54 Å². The van der Waals surface area contributed by atoms with Crippen LogP contribution in [0.1, 0.15) is 11.1 Å². The third-order valence-electron chi connectivity index (χ3n) is 2.06. The van der Waals surface area contributed by atoms with E-state index in [1.807, 2.05) is 6.07 Å². The van der Waals surface area contributed by atoms with Crippen LogP contribution in [0.5, 0.6) is 0 Å². The quantitative estimate of drug-likeness (QED) is 0.650. The fourth-order valence-electron chi connectivity index (χ4n) is 1.37. The SMILES string of the molecule is NCC#Cc1cc(F)cc(CSc2ncn[nH]2)c1. The Morgan fingerprint density at radius 1 is 1.39 bits per heavy atom. The number of hydrogen-bond donors (Lipinski definition) is 2. The number of nitrogens with zero attached hydrogens (tertiary/aromatic N) is 2. The minimum absolute atomic E-state index is 0.263. The standard InChI is InChI=1S/C12H11FN4S/c13-11-5-9(2-1-3-14)4-10(6-11)7-18-12-15-8-16-17-12/h4-6,8H,3,7,14H2,(H,15,16,17). The summed E-state index contributed by atoms with van der Waals surface area (Å²) in [6.45, 7) is 0.263. The van der Waals surface area contributed by atoms with Crippen LogP contribution in [-0.2, 0) is 5.75 Å². The predicted molar refractivity (Wildman–Crippen MR) is 68.3 cm³/mol. The molecule has 0 unspecified atom stereocenters. The van der Waals surface area contributed by atoms with E-state index >= 15 is 0 Å². The third kappa shape index (κ3) is 3.58. The summed E-state index contributed by atoms with van der Waals surface area (Å²) >= 11 is 1.45. The Morgan fingerprint density at radius 3 is 3.00 bits per heavy atom. The number of aromatic nitrogens is 3. The molecule has 1 aromatic carbocycles. The van der Waals surface area contributed by atoms with Gasteiger partial charge in [-0.1, -0.05) is 23.6 Å². The van der Waals surface area contributed by atoms with E-state index in [0.29, 0.717) is 16.5 Å². The van der Waals surface area contributed by atoms with Crippen LogP contribution < -0.4 is 5.73 Å². The summed E-state index contributed by atoms with van der Waals surface area (Å²) in [6, 6.07) is 4.72. The maximum atomic E-state index is 13.4. The second-order valence-electron chi connectivity index (χ2n) is 3.43. The maximum absolute atomic E-state index is 13.4. The van der Waals surface area contributed by atoms with Gasteiger partial charge in [0.05, 0.1) is 6.54 Å². The molecule has 0 saturated heterocycles. The molecule has 18 heavy (non-hydrogen) atoms. The molecule has 4 nitrogen and oxygen atoms in total. The Kier molecular flexibility index (Phi) is 4.34. The van der Waals surface area contributed by atoms with Gasteiger partial charge in [-0.25, -0.2) is 9.37 Å². The van der Waals surface area contributed by atoms with Gasteiger partial charge in [0.15, 0.2) is 5.16 Å². The van der Waals surface area contributed by atoms with Crippen LogP contribution in [0.4, 0.5) is 4.39 Å². The minimum atomic E-state index is -0.299. The van der Waals surface area contributed by atoms with Crippen LogP contribution in [-0.4, -0.2) is 21.7 Å². The van der Waals surface area contributed by atoms with Crippen LogP contribution in [0.3, 0.4) is 0 Å². The van der Waals surface area contributed by atoms with Gasteiger partial charge in [0, 0.05) is 11.3 Å². The number of rotatable bonds is 3. The van der Waals surface area contributed by atoms with Crippen LogP contribution in [0.2, 0.25) is 0 Å². The molecule has 92 valence electrons. The monoisotopic (exact) mass is 262 g/mol. The Hall–Kier alpha value is -1.84. The Labute approximate surface area is 108 Å². The maximum Gasteiger partial charge on any atom is 0.183 e. The Balaban J connectivity index is 2.10. The zero-order valence-corrected chi connectivity index (χ0v) is 10.3. The van der Waals surface area contributed by atoms with E-state index in [2.05, 4.69) is 27.0 Å². The van der Waals surface area contributed by atoms with Crippen molar-refractivity contribution in [3.05, 3.63) is 41.5 Å². The van der Waals surface area contributed by atoms with E-state index in [-0.39, 0.29) is 12.4 Å². The average molecular weight is 262 g/mol. The van der Waals surface area contributed by atoms with E-state index in [4.69, 9.17) is 5.73 Å². The second-order valence-corrected chi connectivity index (χ2v) is 4.40. The van der Waals surface area contributed by atoms with Crippen LogP contribution >= 0.6 is 11.8 Å². The number of halogens is 1. The molecule has 2 rings (SSSR count). The molecule has 0 saturated carbocycles. The summed E-state index contributed by atoms with van der Waals surface area (Å²) in [5.74, 6) is 5.83. The van der Waals surface area contributed by atoms with Gasteiger partial charge in [-0.05, 0) is 23.8 Å². The van der Waals surface area contributed by atoms with Crippen molar-refractivity contribution < 1.29 is 4.39 Å². The lowest BCUT2D eigenvalue weighted by atomic mass is 10.1. The molecule has 0 aliphatic carbocycles. The lowest BCUT2D eigenvalue weighted by Gasteiger charge is -2.01. The number of nitrogens with one attached hydrogen (secondary N) is 1. The second kappa shape index (κ2) is 6.19. The number of nitrogens with two attached hydrogens (primary N) is 1. The highest BCUT2D eigenvalue weighted by Crippen LogP contribution is 2.19. The summed E-state index contributed by atoms with van der Waals surface area (Å²) in [7, 11) is 0. The molecule has 0 aliphatic rings. The first kappa shape index (κ1) is 12.6. The first-order valence-corrected chi connectivity index (χ1v) is 6.23. The normalized spacial score (nSPS) is 9.89. The van der Waals surface area contributed by atoms with Gasteiger partial charge in [-0.2, -0.15) is 5.10 Å². The summed E-state index contributed by atoms with van der Waals surface area (Å²) in [6.07, 6.45) is 1.44. The lowest BCUT2D eigenvalue weighted by Crippen LogP contribution is -1.93. The predicted octanol–water partition coefficient (Wildman–Crippen LogP) is 1.55. The number of hydrogen-bond acceptors (Lipinski definition) is 4. The largest absolute Gasteiger partial charge is 0.320 e. The molecule has 6 heteroatoms. The fraction of sp³-hybridized carbons (Fsp3) is 0.167. The van der Waals surface area contributed by atoms with Crippen molar-refractivity contribution in [1.29, 1.82) is 0 Å². The Bertz CT molecular complexity index is 572. The molecule has 0 atom stereocenters. The van der Waals surface area contributed by atoms with Crippen LogP contribution in [0.25, 0.3) is 0 Å². The van der Waals surface area contributed by atoms with E-state index < -0.39 is 0 Å². The number of benzene rings is 1. The van der Waals surface area contributed by atoms with Crippen molar-refractivity contribution in [2.24, 2.45) is 5.73 Å². The smallest absolute Gasteiger partial charge is 0.183 e. The molecule has 0 spiro atoms. The van der Waals surface area contributed by atoms with E-state index in [0.717, 1.165) is 5.56 Å².